The predicted molar refractivity (Wildman–Crippen MR) is 45.3 cm³/mol. The van der Waals surface area contributed by atoms with Crippen LogP contribution in [0.25, 0.3) is 0 Å². The van der Waals surface area contributed by atoms with Crippen molar-refractivity contribution in [2.75, 3.05) is 14.2 Å². The third-order valence-electron chi connectivity index (χ3n) is 2.39. The molecule has 5 nitrogen and oxygen atoms in total. The van der Waals surface area contributed by atoms with Crippen LogP contribution in [-0.2, 0) is 23.9 Å². The Morgan fingerprint density at radius 3 is 1.71 bits per heavy atom. The van der Waals surface area contributed by atoms with Crippen molar-refractivity contribution in [3.05, 3.63) is 0 Å². The van der Waals surface area contributed by atoms with Crippen LogP contribution in [0.4, 0.5) is 0 Å². The highest BCUT2D eigenvalue weighted by Crippen LogP contribution is 2.30. The summed E-state index contributed by atoms with van der Waals surface area (Å²) in [5.74, 6) is -2.48. The normalized spacial score (nSPS) is 26.0. The number of rotatable bonds is 2. The first-order chi connectivity index (χ1) is 6.60. The van der Waals surface area contributed by atoms with Gasteiger partial charge in [0.1, 0.15) is 5.78 Å². The molecular weight excluding hydrogens is 188 g/mol. The predicted octanol–water partition coefficient (Wildman–Crippen LogP) is -0.0723. The van der Waals surface area contributed by atoms with Gasteiger partial charge in [0, 0.05) is 12.8 Å². The average molecular weight is 200 g/mol. The molecule has 0 aromatic rings. The highest BCUT2D eigenvalue weighted by molar-refractivity contribution is 5.95. The lowest BCUT2D eigenvalue weighted by atomic mass is 9.96. The second-order valence-corrected chi connectivity index (χ2v) is 3.21. The molecular formula is C9H12O5. The Hall–Kier alpha value is -1.39. The van der Waals surface area contributed by atoms with Crippen LogP contribution in [-0.4, -0.2) is 31.9 Å². The largest absolute Gasteiger partial charge is 0.469 e. The minimum Gasteiger partial charge on any atom is -0.469 e. The van der Waals surface area contributed by atoms with Crippen LogP contribution in [0.15, 0.2) is 0 Å². The summed E-state index contributed by atoms with van der Waals surface area (Å²) < 4.78 is 9.02. The van der Waals surface area contributed by atoms with Crippen molar-refractivity contribution in [3.63, 3.8) is 0 Å². The van der Waals surface area contributed by atoms with Crippen molar-refractivity contribution in [1.29, 1.82) is 0 Å². The molecule has 0 spiro atoms. The number of ketones is 1. The van der Waals surface area contributed by atoms with Gasteiger partial charge in [0.15, 0.2) is 0 Å². The molecule has 14 heavy (non-hydrogen) atoms. The molecule has 0 N–H and O–H groups in total. The molecule has 0 amide bonds. The van der Waals surface area contributed by atoms with E-state index in [9.17, 15) is 14.4 Å². The molecule has 5 heteroatoms. The van der Waals surface area contributed by atoms with Crippen LogP contribution in [0, 0.1) is 11.8 Å². The van der Waals surface area contributed by atoms with Crippen molar-refractivity contribution in [2.24, 2.45) is 11.8 Å². The molecule has 0 aromatic carbocycles. The van der Waals surface area contributed by atoms with Crippen LogP contribution < -0.4 is 0 Å². The summed E-state index contributed by atoms with van der Waals surface area (Å²) in [6, 6.07) is 0. The second kappa shape index (κ2) is 4.21. The fraction of sp³-hybridized carbons (Fsp3) is 0.667. The Labute approximate surface area is 81.4 Å². The van der Waals surface area contributed by atoms with Crippen LogP contribution in [0.5, 0.6) is 0 Å². The molecule has 0 unspecified atom stereocenters. The number of carbonyl (C=O) groups is 3. The topological polar surface area (TPSA) is 69.7 Å². The molecule has 0 bridgehead atoms. The molecule has 1 aliphatic carbocycles. The molecule has 0 aliphatic heterocycles. The molecule has 0 heterocycles. The van der Waals surface area contributed by atoms with Crippen molar-refractivity contribution in [2.45, 2.75) is 12.8 Å². The Morgan fingerprint density at radius 2 is 1.43 bits per heavy atom. The highest BCUT2D eigenvalue weighted by atomic mass is 16.5. The number of methoxy groups -OCH3 is 2. The quantitative estimate of drug-likeness (QED) is 0.583. The molecule has 1 rings (SSSR count). The second-order valence-electron chi connectivity index (χ2n) is 3.21. The van der Waals surface area contributed by atoms with Gasteiger partial charge in [-0.3, -0.25) is 14.4 Å². The zero-order chi connectivity index (χ0) is 10.7. The SMILES string of the molecule is COC(=O)[C@@H]1CC(=O)C[C@H]1C(=O)OC. The molecule has 0 radical (unpaired) electrons. The lowest BCUT2D eigenvalue weighted by Crippen LogP contribution is -2.27. The minimum atomic E-state index is -0.667. The van der Waals surface area contributed by atoms with E-state index in [0.29, 0.717) is 0 Å². The fourth-order valence-electron chi connectivity index (χ4n) is 1.66. The van der Waals surface area contributed by atoms with Crippen molar-refractivity contribution < 1.29 is 23.9 Å². The van der Waals surface area contributed by atoms with Gasteiger partial charge in [0.2, 0.25) is 0 Å². The third-order valence-corrected chi connectivity index (χ3v) is 2.39. The third kappa shape index (κ3) is 1.92. The van der Waals surface area contributed by atoms with Crippen LogP contribution >= 0.6 is 0 Å². The van der Waals surface area contributed by atoms with Crippen LogP contribution in [0.2, 0.25) is 0 Å². The van der Waals surface area contributed by atoms with E-state index in [2.05, 4.69) is 9.47 Å². The molecule has 0 saturated heterocycles. The van der Waals surface area contributed by atoms with E-state index in [-0.39, 0.29) is 18.6 Å². The Balaban J connectivity index is 2.77. The first kappa shape index (κ1) is 10.7. The maximum atomic E-state index is 11.2. The number of hydrogen-bond donors (Lipinski definition) is 0. The molecule has 1 saturated carbocycles. The molecule has 1 aliphatic rings. The molecule has 2 atom stereocenters. The van der Waals surface area contributed by atoms with Crippen LogP contribution in [0.1, 0.15) is 12.8 Å². The van der Waals surface area contributed by atoms with Gasteiger partial charge in [-0.25, -0.2) is 0 Å². The highest BCUT2D eigenvalue weighted by Gasteiger charge is 2.43. The number of Topliss-reactive ketones (excluding diaryl/α,β-unsaturated/α-hetero) is 1. The van der Waals surface area contributed by atoms with E-state index in [4.69, 9.17) is 0 Å². The fourth-order valence-corrected chi connectivity index (χ4v) is 1.66. The van der Waals surface area contributed by atoms with Crippen molar-refractivity contribution in [1.82, 2.24) is 0 Å². The van der Waals surface area contributed by atoms with Gasteiger partial charge in [-0.05, 0) is 0 Å². The smallest absolute Gasteiger partial charge is 0.309 e. The van der Waals surface area contributed by atoms with E-state index in [0.717, 1.165) is 0 Å². The van der Waals surface area contributed by atoms with Gasteiger partial charge in [0.05, 0.1) is 26.1 Å². The van der Waals surface area contributed by atoms with Gasteiger partial charge in [-0.15, -0.1) is 0 Å². The Morgan fingerprint density at radius 1 is 1.07 bits per heavy atom. The maximum Gasteiger partial charge on any atom is 0.309 e. The number of hydrogen-bond acceptors (Lipinski definition) is 5. The molecule has 78 valence electrons. The summed E-state index contributed by atoms with van der Waals surface area (Å²) >= 11 is 0. The first-order valence-electron chi connectivity index (χ1n) is 4.27. The summed E-state index contributed by atoms with van der Waals surface area (Å²) in [5.41, 5.74) is 0. The van der Waals surface area contributed by atoms with E-state index in [1.54, 1.807) is 0 Å². The average Bonchev–Trinajstić information content (AvgIpc) is 2.58. The Kier molecular flexibility index (Phi) is 3.22. The number of ether oxygens (including phenoxy) is 2. The number of carbonyl (C=O) groups excluding carboxylic acids is 3. The standard InChI is InChI=1S/C9H12O5/c1-13-8(11)6-3-5(10)4-7(6)9(12)14-2/h6-7H,3-4H2,1-2H3/t6-,7-/m1/s1. The summed E-state index contributed by atoms with van der Waals surface area (Å²) in [5, 5.41) is 0. The van der Waals surface area contributed by atoms with Crippen LogP contribution in [0.3, 0.4) is 0 Å². The van der Waals surface area contributed by atoms with E-state index in [1.165, 1.54) is 14.2 Å². The zero-order valence-electron chi connectivity index (χ0n) is 8.11. The van der Waals surface area contributed by atoms with Crippen molar-refractivity contribution in [3.8, 4) is 0 Å². The number of esters is 2. The minimum absolute atomic E-state index is 0.0758. The Bertz CT molecular complexity index is 244. The first-order valence-corrected chi connectivity index (χ1v) is 4.27. The van der Waals surface area contributed by atoms with Crippen molar-refractivity contribution >= 4 is 17.7 Å². The monoisotopic (exact) mass is 200 g/mol. The summed E-state index contributed by atoms with van der Waals surface area (Å²) in [6.45, 7) is 0. The lowest BCUT2D eigenvalue weighted by molar-refractivity contribution is -0.156. The van der Waals surface area contributed by atoms with E-state index >= 15 is 0 Å². The van der Waals surface area contributed by atoms with Gasteiger partial charge in [-0.1, -0.05) is 0 Å². The summed E-state index contributed by atoms with van der Waals surface area (Å²) in [6.07, 6.45) is 0.152. The maximum absolute atomic E-state index is 11.2. The van der Waals surface area contributed by atoms with E-state index < -0.39 is 23.8 Å². The van der Waals surface area contributed by atoms with Gasteiger partial charge < -0.3 is 9.47 Å². The van der Waals surface area contributed by atoms with Gasteiger partial charge >= 0.3 is 11.9 Å². The zero-order valence-corrected chi connectivity index (χ0v) is 8.11. The van der Waals surface area contributed by atoms with E-state index in [1.807, 2.05) is 0 Å². The summed E-state index contributed by atoms with van der Waals surface area (Å²) in [7, 11) is 2.47. The lowest BCUT2D eigenvalue weighted by Gasteiger charge is -2.13. The summed E-state index contributed by atoms with van der Waals surface area (Å²) in [4.78, 5) is 33.5. The van der Waals surface area contributed by atoms with Gasteiger partial charge in [0.25, 0.3) is 0 Å². The van der Waals surface area contributed by atoms with Gasteiger partial charge in [-0.2, -0.15) is 0 Å². The molecule has 1 fully saturated rings. The molecule has 0 aromatic heterocycles.